The predicted molar refractivity (Wildman–Crippen MR) is 85.5 cm³/mol. The molecular formula is C15H15ClN2O2S. The summed E-state index contributed by atoms with van der Waals surface area (Å²) in [4.78, 5) is 16.6. The molecule has 0 radical (unpaired) electrons. The van der Waals surface area contributed by atoms with Crippen molar-refractivity contribution in [2.75, 3.05) is 20.2 Å². The van der Waals surface area contributed by atoms with E-state index in [0.29, 0.717) is 34.1 Å². The molecule has 1 aromatic carbocycles. The highest BCUT2D eigenvalue weighted by Gasteiger charge is 2.12. The number of amides is 1. The Labute approximate surface area is 133 Å². The number of H-pyrrole nitrogens is 1. The molecular weight excluding hydrogens is 308 g/mol. The molecule has 0 atom stereocenters. The van der Waals surface area contributed by atoms with Gasteiger partial charge in [-0.1, -0.05) is 29.9 Å². The molecule has 0 aliphatic carbocycles. The van der Waals surface area contributed by atoms with E-state index in [1.807, 2.05) is 12.1 Å². The van der Waals surface area contributed by atoms with Crippen molar-refractivity contribution < 1.29 is 9.53 Å². The van der Waals surface area contributed by atoms with Crippen LogP contribution in [0.4, 0.5) is 0 Å². The number of benzene rings is 1. The van der Waals surface area contributed by atoms with Crippen LogP contribution in [0.2, 0.25) is 5.02 Å². The lowest BCUT2D eigenvalue weighted by atomic mass is 10.2. The summed E-state index contributed by atoms with van der Waals surface area (Å²) in [6, 6.07) is 10.6. The van der Waals surface area contributed by atoms with Gasteiger partial charge < -0.3 is 14.6 Å². The van der Waals surface area contributed by atoms with Gasteiger partial charge in [0, 0.05) is 18.3 Å². The van der Waals surface area contributed by atoms with E-state index in [2.05, 4.69) is 4.98 Å². The van der Waals surface area contributed by atoms with Gasteiger partial charge in [-0.25, -0.2) is 0 Å². The maximum atomic E-state index is 12.2. The Bertz CT molecular complexity index is 687. The molecule has 6 heteroatoms. The lowest BCUT2D eigenvalue weighted by Crippen LogP contribution is -2.31. The molecule has 1 heterocycles. The number of halogens is 1. The fourth-order valence-electron chi connectivity index (χ4n) is 1.75. The number of pyridine rings is 1. The van der Waals surface area contributed by atoms with Crippen LogP contribution in [0.5, 0.6) is 5.75 Å². The molecule has 0 saturated heterocycles. The van der Waals surface area contributed by atoms with Crippen LogP contribution in [0, 0.1) is 4.64 Å². The van der Waals surface area contributed by atoms with Gasteiger partial charge in [-0.2, -0.15) is 0 Å². The van der Waals surface area contributed by atoms with E-state index < -0.39 is 0 Å². The summed E-state index contributed by atoms with van der Waals surface area (Å²) in [5.74, 6) is 0.548. The van der Waals surface area contributed by atoms with E-state index in [0.717, 1.165) is 0 Å². The van der Waals surface area contributed by atoms with Gasteiger partial charge in [-0.05, 0) is 30.3 Å². The molecule has 4 nitrogen and oxygen atoms in total. The lowest BCUT2D eigenvalue weighted by Gasteiger charge is -2.17. The van der Waals surface area contributed by atoms with Gasteiger partial charge in [-0.3, -0.25) is 4.79 Å². The van der Waals surface area contributed by atoms with Crippen molar-refractivity contribution in [1.29, 1.82) is 0 Å². The molecule has 1 N–H and O–H groups in total. The third kappa shape index (κ3) is 4.31. The molecule has 0 spiro atoms. The first-order chi connectivity index (χ1) is 10.1. The Hall–Kier alpha value is -1.85. The first-order valence-corrected chi connectivity index (χ1v) is 7.18. The molecule has 2 rings (SSSR count). The lowest BCUT2D eigenvalue weighted by molar-refractivity contribution is 0.0773. The summed E-state index contributed by atoms with van der Waals surface area (Å²) in [6.07, 6.45) is 1.70. The van der Waals surface area contributed by atoms with Gasteiger partial charge in [0.15, 0.2) is 0 Å². The smallest absolute Gasteiger partial charge is 0.256 e. The van der Waals surface area contributed by atoms with Crippen molar-refractivity contribution in [2.45, 2.75) is 0 Å². The van der Waals surface area contributed by atoms with Crippen molar-refractivity contribution in [3.05, 3.63) is 57.8 Å². The second-order valence-corrected chi connectivity index (χ2v) is 5.29. The average molecular weight is 323 g/mol. The first-order valence-electron chi connectivity index (χ1n) is 6.39. The van der Waals surface area contributed by atoms with Gasteiger partial charge in [0.2, 0.25) is 0 Å². The summed E-state index contributed by atoms with van der Waals surface area (Å²) < 4.78 is 6.00. The number of aromatic nitrogens is 1. The zero-order valence-corrected chi connectivity index (χ0v) is 13.1. The monoisotopic (exact) mass is 322 g/mol. The van der Waals surface area contributed by atoms with Crippen LogP contribution >= 0.6 is 23.8 Å². The van der Waals surface area contributed by atoms with E-state index in [1.54, 1.807) is 42.4 Å². The molecule has 2 aromatic rings. The maximum Gasteiger partial charge on any atom is 0.256 e. The largest absolute Gasteiger partial charge is 0.492 e. The van der Waals surface area contributed by atoms with Crippen LogP contribution in [-0.2, 0) is 0 Å². The Balaban J connectivity index is 1.90. The average Bonchev–Trinajstić information content (AvgIpc) is 2.47. The Morgan fingerprint density at radius 1 is 1.38 bits per heavy atom. The molecule has 1 amide bonds. The molecule has 1 aromatic heterocycles. The van der Waals surface area contributed by atoms with Crippen molar-refractivity contribution >= 4 is 29.7 Å². The van der Waals surface area contributed by atoms with Crippen molar-refractivity contribution in [2.24, 2.45) is 0 Å². The van der Waals surface area contributed by atoms with E-state index in [1.165, 1.54) is 0 Å². The number of likely N-dealkylation sites (N-methyl/N-ethyl adjacent to an activating group) is 1. The van der Waals surface area contributed by atoms with Crippen molar-refractivity contribution in [1.82, 2.24) is 9.88 Å². The third-order valence-electron chi connectivity index (χ3n) is 2.89. The highest BCUT2D eigenvalue weighted by atomic mass is 35.5. The van der Waals surface area contributed by atoms with Gasteiger partial charge in [0.25, 0.3) is 5.91 Å². The maximum absolute atomic E-state index is 12.2. The minimum atomic E-state index is -0.133. The van der Waals surface area contributed by atoms with Crippen LogP contribution < -0.4 is 4.74 Å². The SMILES string of the molecule is CN(CCOc1cccc(Cl)c1)C(=O)c1ccc[nH]c1=S. The van der Waals surface area contributed by atoms with Gasteiger partial charge >= 0.3 is 0 Å². The molecule has 110 valence electrons. The number of carbonyl (C=O) groups excluding carboxylic acids is 1. The first kappa shape index (κ1) is 15.5. The summed E-state index contributed by atoms with van der Waals surface area (Å²) in [5.41, 5.74) is 0.484. The predicted octanol–water partition coefficient (Wildman–Crippen LogP) is 3.55. The number of hydrogen-bond acceptors (Lipinski definition) is 3. The normalized spacial score (nSPS) is 10.2. The summed E-state index contributed by atoms with van der Waals surface area (Å²) in [5, 5.41) is 0.618. The quantitative estimate of drug-likeness (QED) is 0.856. The van der Waals surface area contributed by atoms with Crippen LogP contribution in [0.15, 0.2) is 42.6 Å². The van der Waals surface area contributed by atoms with Crippen molar-refractivity contribution in [3.63, 3.8) is 0 Å². The summed E-state index contributed by atoms with van der Waals surface area (Å²) in [6.45, 7) is 0.834. The zero-order valence-electron chi connectivity index (χ0n) is 11.5. The number of hydrogen-bond donors (Lipinski definition) is 1. The minimum absolute atomic E-state index is 0.133. The van der Waals surface area contributed by atoms with Crippen molar-refractivity contribution in [3.8, 4) is 5.75 Å². The topological polar surface area (TPSA) is 45.3 Å². The Morgan fingerprint density at radius 3 is 2.90 bits per heavy atom. The molecule has 21 heavy (non-hydrogen) atoms. The van der Waals surface area contributed by atoms with E-state index in [9.17, 15) is 4.79 Å². The number of ether oxygens (including phenoxy) is 1. The minimum Gasteiger partial charge on any atom is -0.492 e. The highest BCUT2D eigenvalue weighted by molar-refractivity contribution is 7.71. The standard InChI is InChI=1S/C15H15ClN2O2S/c1-18(15(19)13-6-3-7-17-14(13)21)8-9-20-12-5-2-4-11(16)10-12/h2-7,10H,8-9H2,1H3,(H,17,21). The number of aromatic amines is 1. The van der Waals surface area contributed by atoms with E-state index in [-0.39, 0.29) is 5.91 Å². The number of nitrogens with one attached hydrogen (secondary N) is 1. The number of carbonyl (C=O) groups is 1. The fraction of sp³-hybridized carbons (Fsp3) is 0.200. The fourth-order valence-corrected chi connectivity index (χ4v) is 2.16. The molecule has 0 fully saturated rings. The second-order valence-electron chi connectivity index (χ2n) is 4.45. The van der Waals surface area contributed by atoms with Gasteiger partial charge in [0.1, 0.15) is 17.0 Å². The van der Waals surface area contributed by atoms with Crippen LogP contribution in [0.25, 0.3) is 0 Å². The van der Waals surface area contributed by atoms with Crippen LogP contribution in [0.3, 0.4) is 0 Å². The van der Waals surface area contributed by atoms with E-state index in [4.69, 9.17) is 28.6 Å². The zero-order chi connectivity index (χ0) is 15.2. The number of rotatable bonds is 5. The van der Waals surface area contributed by atoms with Gasteiger partial charge in [-0.15, -0.1) is 0 Å². The van der Waals surface area contributed by atoms with Crippen LogP contribution in [-0.4, -0.2) is 36.0 Å². The Morgan fingerprint density at radius 2 is 2.19 bits per heavy atom. The summed E-state index contributed by atoms with van der Waals surface area (Å²) in [7, 11) is 1.71. The van der Waals surface area contributed by atoms with Crippen LogP contribution in [0.1, 0.15) is 10.4 Å². The molecule has 0 bridgehead atoms. The second kappa shape index (κ2) is 7.24. The number of nitrogens with zero attached hydrogens (tertiary/aromatic N) is 1. The molecule has 0 unspecified atom stereocenters. The molecule has 0 saturated carbocycles. The van der Waals surface area contributed by atoms with E-state index >= 15 is 0 Å². The summed E-state index contributed by atoms with van der Waals surface area (Å²) >= 11 is 11.0. The molecule has 0 aliphatic rings. The highest BCUT2D eigenvalue weighted by Crippen LogP contribution is 2.17. The molecule has 0 aliphatic heterocycles. The third-order valence-corrected chi connectivity index (χ3v) is 3.46. The van der Waals surface area contributed by atoms with Gasteiger partial charge in [0.05, 0.1) is 12.1 Å². The Kier molecular flexibility index (Phi) is 5.36.